The van der Waals surface area contributed by atoms with Gasteiger partial charge in [-0.2, -0.15) is 0 Å². The maximum Gasteiger partial charge on any atom is 0.265 e. The molecule has 1 heterocycles. The first kappa shape index (κ1) is 14.0. The van der Waals surface area contributed by atoms with Crippen LogP contribution in [0.1, 0.15) is 11.8 Å². The minimum atomic E-state index is -3.56. The number of nitrogens with zero attached hydrogens (tertiary/aromatic N) is 1. The number of anilines is 1. The number of rotatable bonds is 5. The van der Waals surface area contributed by atoms with E-state index in [2.05, 4.69) is 0 Å². The molecule has 1 aromatic heterocycles. The van der Waals surface area contributed by atoms with Gasteiger partial charge in [0, 0.05) is 16.8 Å². The summed E-state index contributed by atoms with van der Waals surface area (Å²) in [7, 11) is -3.56. The van der Waals surface area contributed by atoms with Crippen LogP contribution in [0.25, 0.3) is 0 Å². The van der Waals surface area contributed by atoms with Crippen molar-refractivity contribution in [1.29, 1.82) is 0 Å². The predicted octanol–water partition coefficient (Wildman–Crippen LogP) is 2.46. The predicted molar refractivity (Wildman–Crippen MR) is 76.9 cm³/mol. The van der Waals surface area contributed by atoms with Crippen LogP contribution in [-0.2, 0) is 16.6 Å². The van der Waals surface area contributed by atoms with Crippen LogP contribution in [0.5, 0.6) is 0 Å². The van der Waals surface area contributed by atoms with Crippen molar-refractivity contribution < 1.29 is 13.5 Å². The molecule has 0 radical (unpaired) electrons. The van der Waals surface area contributed by atoms with Gasteiger partial charge in [0.25, 0.3) is 10.0 Å². The van der Waals surface area contributed by atoms with Crippen LogP contribution >= 0.6 is 11.3 Å². The Morgan fingerprint density at radius 1 is 1.26 bits per heavy atom. The van der Waals surface area contributed by atoms with Gasteiger partial charge < -0.3 is 5.11 Å². The van der Waals surface area contributed by atoms with E-state index in [0.717, 1.165) is 0 Å². The van der Waals surface area contributed by atoms with Crippen molar-refractivity contribution >= 4 is 27.0 Å². The van der Waals surface area contributed by atoms with Crippen molar-refractivity contribution in [3.8, 4) is 0 Å². The van der Waals surface area contributed by atoms with Gasteiger partial charge >= 0.3 is 0 Å². The van der Waals surface area contributed by atoms with E-state index in [4.69, 9.17) is 5.11 Å². The van der Waals surface area contributed by atoms with Crippen molar-refractivity contribution in [3.63, 3.8) is 0 Å². The number of hydrogen-bond donors (Lipinski definition) is 1. The topological polar surface area (TPSA) is 57.6 Å². The number of aliphatic hydroxyl groups is 1. The minimum Gasteiger partial charge on any atom is -0.391 e. The number of benzene rings is 1. The fourth-order valence-electron chi connectivity index (χ4n) is 1.79. The van der Waals surface area contributed by atoms with Gasteiger partial charge in [-0.3, -0.25) is 4.31 Å². The van der Waals surface area contributed by atoms with Gasteiger partial charge in [0.2, 0.25) is 0 Å². The zero-order chi connectivity index (χ0) is 13.9. The number of para-hydroxylation sites is 1. The molecular formula is C13H15NO3S2. The molecule has 0 fully saturated rings. The van der Waals surface area contributed by atoms with Crippen LogP contribution in [0, 0.1) is 0 Å². The van der Waals surface area contributed by atoms with Crippen LogP contribution < -0.4 is 4.31 Å². The second-order valence-electron chi connectivity index (χ2n) is 3.91. The summed E-state index contributed by atoms with van der Waals surface area (Å²) in [6.07, 6.45) is 0. The minimum absolute atomic E-state index is 0.141. The number of aliphatic hydroxyl groups excluding tert-OH is 1. The Bertz CT molecular complexity index is 635. The molecule has 4 nitrogen and oxygen atoms in total. The third-order valence-electron chi connectivity index (χ3n) is 2.70. The van der Waals surface area contributed by atoms with Crippen LogP contribution in [0.2, 0.25) is 0 Å². The smallest absolute Gasteiger partial charge is 0.265 e. The third-order valence-corrected chi connectivity index (χ3v) is 5.66. The molecule has 0 aliphatic rings. The van der Waals surface area contributed by atoms with Gasteiger partial charge in [-0.25, -0.2) is 8.42 Å². The van der Waals surface area contributed by atoms with Gasteiger partial charge in [0.05, 0.1) is 17.2 Å². The molecule has 0 aliphatic heterocycles. The lowest BCUT2D eigenvalue weighted by Crippen LogP contribution is -2.30. The fraction of sp³-hybridized carbons (Fsp3) is 0.231. The van der Waals surface area contributed by atoms with Crippen molar-refractivity contribution in [2.75, 3.05) is 10.8 Å². The number of sulfonamides is 1. The lowest BCUT2D eigenvalue weighted by atomic mass is 10.3. The molecule has 6 heteroatoms. The Labute approximate surface area is 117 Å². The molecule has 0 bridgehead atoms. The number of hydrogen-bond acceptors (Lipinski definition) is 4. The van der Waals surface area contributed by atoms with E-state index in [1.807, 2.05) is 6.07 Å². The van der Waals surface area contributed by atoms with Gasteiger partial charge in [-0.15, -0.1) is 11.3 Å². The molecular weight excluding hydrogens is 282 g/mol. The van der Waals surface area contributed by atoms with E-state index in [1.54, 1.807) is 36.6 Å². The number of thiophene rings is 1. The molecule has 2 aromatic rings. The summed E-state index contributed by atoms with van der Waals surface area (Å²) in [5, 5.41) is 10.6. The third kappa shape index (κ3) is 2.80. The van der Waals surface area contributed by atoms with E-state index in [1.165, 1.54) is 21.7 Å². The molecule has 0 spiro atoms. The summed E-state index contributed by atoms with van der Waals surface area (Å²) in [4.78, 5) is 0.870. The average Bonchev–Trinajstić information content (AvgIpc) is 2.90. The van der Waals surface area contributed by atoms with Crippen LogP contribution in [-0.4, -0.2) is 20.1 Å². The average molecular weight is 297 g/mol. The Hall–Kier alpha value is -1.37. The first-order chi connectivity index (χ1) is 9.09. The van der Waals surface area contributed by atoms with Crippen LogP contribution in [0.15, 0.2) is 46.7 Å². The molecule has 1 aromatic carbocycles. The van der Waals surface area contributed by atoms with Gasteiger partial charge in [-0.1, -0.05) is 18.2 Å². The maximum atomic E-state index is 12.5. The van der Waals surface area contributed by atoms with Crippen molar-refractivity contribution in [2.45, 2.75) is 18.4 Å². The second kappa shape index (κ2) is 5.73. The standard InChI is InChI=1S/C13H15NO3S2/c1-2-14(11-6-4-3-5-7-11)19(16,17)13-8-12(9-15)18-10-13/h3-8,10,15H,2,9H2,1H3. The summed E-state index contributed by atoms with van der Waals surface area (Å²) >= 11 is 1.24. The fourth-order valence-corrected chi connectivity index (χ4v) is 4.39. The van der Waals surface area contributed by atoms with Crippen molar-refractivity contribution in [2.24, 2.45) is 0 Å². The van der Waals surface area contributed by atoms with Gasteiger partial charge in [0.15, 0.2) is 0 Å². The summed E-state index contributed by atoms with van der Waals surface area (Å²) in [5.74, 6) is 0. The molecule has 19 heavy (non-hydrogen) atoms. The summed E-state index contributed by atoms with van der Waals surface area (Å²) in [6.45, 7) is 2.01. The molecule has 0 atom stereocenters. The molecule has 102 valence electrons. The van der Waals surface area contributed by atoms with E-state index in [-0.39, 0.29) is 11.5 Å². The highest BCUT2D eigenvalue weighted by Gasteiger charge is 2.24. The van der Waals surface area contributed by atoms with E-state index in [0.29, 0.717) is 17.1 Å². The first-order valence-electron chi connectivity index (χ1n) is 5.85. The highest BCUT2D eigenvalue weighted by atomic mass is 32.2. The maximum absolute atomic E-state index is 12.5. The summed E-state index contributed by atoms with van der Waals surface area (Å²) in [6, 6.07) is 10.5. The summed E-state index contributed by atoms with van der Waals surface area (Å²) in [5.41, 5.74) is 0.641. The van der Waals surface area contributed by atoms with E-state index >= 15 is 0 Å². The molecule has 0 aliphatic carbocycles. The monoisotopic (exact) mass is 297 g/mol. The molecule has 0 unspecified atom stereocenters. The van der Waals surface area contributed by atoms with E-state index < -0.39 is 10.0 Å². The van der Waals surface area contributed by atoms with E-state index in [9.17, 15) is 8.42 Å². The van der Waals surface area contributed by atoms with Gasteiger partial charge in [-0.05, 0) is 25.1 Å². The Kier molecular flexibility index (Phi) is 4.24. The van der Waals surface area contributed by atoms with Crippen LogP contribution in [0.4, 0.5) is 5.69 Å². The zero-order valence-corrected chi connectivity index (χ0v) is 12.1. The molecule has 0 saturated carbocycles. The SMILES string of the molecule is CCN(c1ccccc1)S(=O)(=O)c1csc(CO)c1. The summed E-state index contributed by atoms with van der Waals surface area (Å²) < 4.78 is 26.4. The highest BCUT2D eigenvalue weighted by Crippen LogP contribution is 2.26. The first-order valence-corrected chi connectivity index (χ1v) is 8.17. The largest absolute Gasteiger partial charge is 0.391 e. The van der Waals surface area contributed by atoms with Crippen molar-refractivity contribution in [3.05, 3.63) is 46.7 Å². The molecule has 0 saturated heterocycles. The van der Waals surface area contributed by atoms with Gasteiger partial charge in [0.1, 0.15) is 0 Å². The Morgan fingerprint density at radius 2 is 1.95 bits per heavy atom. The zero-order valence-electron chi connectivity index (χ0n) is 10.5. The lowest BCUT2D eigenvalue weighted by molar-refractivity contribution is 0.285. The Morgan fingerprint density at radius 3 is 2.47 bits per heavy atom. The Balaban J connectivity index is 2.42. The van der Waals surface area contributed by atoms with Crippen LogP contribution in [0.3, 0.4) is 0 Å². The quantitative estimate of drug-likeness (QED) is 0.922. The second-order valence-corrected chi connectivity index (χ2v) is 6.77. The molecule has 2 rings (SSSR count). The van der Waals surface area contributed by atoms with Crippen molar-refractivity contribution in [1.82, 2.24) is 0 Å². The molecule has 0 amide bonds. The normalized spacial score (nSPS) is 11.5. The molecule has 1 N–H and O–H groups in total. The lowest BCUT2D eigenvalue weighted by Gasteiger charge is -2.22. The highest BCUT2D eigenvalue weighted by molar-refractivity contribution is 7.93.